The lowest BCUT2D eigenvalue weighted by molar-refractivity contribution is -0.138. The summed E-state index contributed by atoms with van der Waals surface area (Å²) in [5, 5.41) is 8.82. The molecule has 1 aliphatic heterocycles. The van der Waals surface area contributed by atoms with Crippen LogP contribution in [0, 0.1) is 19.8 Å². The molecule has 0 radical (unpaired) electrons. The lowest BCUT2D eigenvalue weighted by Gasteiger charge is -2.31. The average molecular weight is 303 g/mol. The fraction of sp³-hybridized carbons (Fsp3) is 0.556. The highest BCUT2D eigenvalue weighted by atomic mass is 16.4. The molecule has 0 unspecified atom stereocenters. The van der Waals surface area contributed by atoms with Gasteiger partial charge in [0.15, 0.2) is 0 Å². The Morgan fingerprint density at radius 3 is 2.50 bits per heavy atom. The molecular formula is C18H25NO3. The maximum absolute atomic E-state index is 12.3. The highest BCUT2D eigenvalue weighted by Crippen LogP contribution is 2.21. The molecule has 2 rings (SSSR count). The summed E-state index contributed by atoms with van der Waals surface area (Å²) in [5.41, 5.74) is 3.72. The first-order valence-electron chi connectivity index (χ1n) is 8.01. The molecule has 22 heavy (non-hydrogen) atoms. The van der Waals surface area contributed by atoms with Gasteiger partial charge in [0.2, 0.25) is 5.91 Å². The molecule has 1 aliphatic rings. The van der Waals surface area contributed by atoms with Crippen molar-refractivity contribution in [2.75, 3.05) is 13.1 Å². The van der Waals surface area contributed by atoms with E-state index in [0.717, 1.165) is 19.3 Å². The van der Waals surface area contributed by atoms with E-state index in [-0.39, 0.29) is 18.2 Å². The topological polar surface area (TPSA) is 57.6 Å². The third-order valence-electron chi connectivity index (χ3n) is 4.54. The van der Waals surface area contributed by atoms with Gasteiger partial charge in [-0.2, -0.15) is 0 Å². The van der Waals surface area contributed by atoms with Gasteiger partial charge in [-0.15, -0.1) is 0 Å². The van der Waals surface area contributed by atoms with E-state index in [0.29, 0.717) is 19.5 Å². The number of carbonyl (C=O) groups excluding carboxylic acids is 1. The van der Waals surface area contributed by atoms with Gasteiger partial charge in [-0.25, -0.2) is 0 Å². The molecule has 0 aliphatic carbocycles. The highest BCUT2D eigenvalue weighted by molar-refractivity contribution is 5.76. The van der Waals surface area contributed by atoms with Crippen LogP contribution in [0.4, 0.5) is 0 Å². The third-order valence-corrected chi connectivity index (χ3v) is 4.54. The molecule has 1 N–H and O–H groups in total. The summed E-state index contributed by atoms with van der Waals surface area (Å²) >= 11 is 0. The number of carboxylic acids is 1. The number of amides is 1. The largest absolute Gasteiger partial charge is 0.481 e. The first-order chi connectivity index (χ1) is 10.5. The van der Waals surface area contributed by atoms with E-state index < -0.39 is 5.97 Å². The summed E-state index contributed by atoms with van der Waals surface area (Å²) in [6.45, 7) is 5.56. The molecule has 1 saturated heterocycles. The SMILES string of the molecule is Cc1ccc(CCC(=O)N2CCC(CC(=O)O)CC2)c(C)c1. The van der Waals surface area contributed by atoms with E-state index in [2.05, 4.69) is 32.0 Å². The standard InChI is InChI=1S/C18H25NO3/c1-13-3-4-16(14(2)11-13)5-6-17(20)19-9-7-15(8-10-19)12-18(21)22/h3-4,11,15H,5-10,12H2,1-2H3,(H,21,22). The highest BCUT2D eigenvalue weighted by Gasteiger charge is 2.24. The molecule has 0 bridgehead atoms. The van der Waals surface area contributed by atoms with Gasteiger partial charge in [-0.05, 0) is 50.2 Å². The van der Waals surface area contributed by atoms with Gasteiger partial charge in [0.1, 0.15) is 0 Å². The average Bonchev–Trinajstić information content (AvgIpc) is 2.46. The zero-order valence-electron chi connectivity index (χ0n) is 13.5. The number of rotatable bonds is 5. The summed E-state index contributed by atoms with van der Waals surface area (Å²) < 4.78 is 0. The molecular weight excluding hydrogens is 278 g/mol. The van der Waals surface area contributed by atoms with Gasteiger partial charge >= 0.3 is 5.97 Å². The number of benzene rings is 1. The first-order valence-corrected chi connectivity index (χ1v) is 8.01. The molecule has 1 aromatic rings. The summed E-state index contributed by atoms with van der Waals surface area (Å²) in [6.07, 6.45) is 3.15. The van der Waals surface area contributed by atoms with Crippen LogP contribution in [0.15, 0.2) is 18.2 Å². The van der Waals surface area contributed by atoms with E-state index in [1.807, 2.05) is 4.90 Å². The number of hydrogen-bond donors (Lipinski definition) is 1. The Balaban J connectivity index is 1.80. The van der Waals surface area contributed by atoms with Crippen LogP contribution >= 0.6 is 0 Å². The van der Waals surface area contributed by atoms with Crippen molar-refractivity contribution in [1.82, 2.24) is 4.90 Å². The van der Waals surface area contributed by atoms with E-state index in [1.165, 1.54) is 16.7 Å². The van der Waals surface area contributed by atoms with E-state index >= 15 is 0 Å². The number of aliphatic carboxylic acids is 1. The zero-order chi connectivity index (χ0) is 16.1. The van der Waals surface area contributed by atoms with E-state index in [9.17, 15) is 9.59 Å². The lowest BCUT2D eigenvalue weighted by atomic mass is 9.93. The Labute approximate surface area is 132 Å². The van der Waals surface area contributed by atoms with Crippen molar-refractivity contribution in [1.29, 1.82) is 0 Å². The second-order valence-electron chi connectivity index (χ2n) is 6.35. The van der Waals surface area contributed by atoms with E-state index in [4.69, 9.17) is 5.11 Å². The van der Waals surface area contributed by atoms with Crippen molar-refractivity contribution in [3.8, 4) is 0 Å². The lowest BCUT2D eigenvalue weighted by Crippen LogP contribution is -2.39. The zero-order valence-corrected chi connectivity index (χ0v) is 13.5. The Hall–Kier alpha value is -1.84. The molecule has 1 heterocycles. The molecule has 0 atom stereocenters. The fourth-order valence-corrected chi connectivity index (χ4v) is 3.16. The maximum atomic E-state index is 12.3. The molecule has 0 spiro atoms. The summed E-state index contributed by atoms with van der Waals surface area (Å²) in [7, 11) is 0. The van der Waals surface area contributed by atoms with Crippen molar-refractivity contribution in [3.63, 3.8) is 0 Å². The monoisotopic (exact) mass is 303 g/mol. The van der Waals surface area contributed by atoms with Crippen molar-refractivity contribution in [3.05, 3.63) is 34.9 Å². The Kier molecular flexibility index (Phi) is 5.58. The van der Waals surface area contributed by atoms with Gasteiger partial charge < -0.3 is 10.0 Å². The van der Waals surface area contributed by atoms with Crippen LogP contribution in [-0.4, -0.2) is 35.0 Å². The second-order valence-corrected chi connectivity index (χ2v) is 6.35. The number of nitrogens with zero attached hydrogens (tertiary/aromatic N) is 1. The minimum Gasteiger partial charge on any atom is -0.481 e. The van der Waals surface area contributed by atoms with Crippen molar-refractivity contribution in [2.45, 2.75) is 46.0 Å². The van der Waals surface area contributed by atoms with Crippen molar-refractivity contribution in [2.24, 2.45) is 5.92 Å². The predicted molar refractivity (Wildman–Crippen MR) is 85.8 cm³/mol. The smallest absolute Gasteiger partial charge is 0.303 e. The molecule has 1 aromatic carbocycles. The molecule has 4 heteroatoms. The number of carbonyl (C=O) groups is 2. The van der Waals surface area contributed by atoms with Crippen LogP contribution in [0.25, 0.3) is 0 Å². The third kappa shape index (κ3) is 4.58. The second kappa shape index (κ2) is 7.43. The van der Waals surface area contributed by atoms with E-state index in [1.54, 1.807) is 0 Å². The Bertz CT molecular complexity index is 545. The Morgan fingerprint density at radius 1 is 1.23 bits per heavy atom. The van der Waals surface area contributed by atoms with Gasteiger partial charge in [-0.3, -0.25) is 9.59 Å². The quantitative estimate of drug-likeness (QED) is 0.910. The van der Waals surface area contributed by atoms with Gasteiger partial charge in [-0.1, -0.05) is 23.8 Å². The minimum atomic E-state index is -0.736. The van der Waals surface area contributed by atoms with Crippen molar-refractivity contribution < 1.29 is 14.7 Å². The van der Waals surface area contributed by atoms with Crippen LogP contribution in [0.3, 0.4) is 0 Å². The molecule has 4 nitrogen and oxygen atoms in total. The maximum Gasteiger partial charge on any atom is 0.303 e. The number of likely N-dealkylation sites (tertiary alicyclic amines) is 1. The van der Waals surface area contributed by atoms with Crippen LogP contribution in [0.2, 0.25) is 0 Å². The van der Waals surface area contributed by atoms with Crippen LogP contribution in [0.1, 0.15) is 42.4 Å². The van der Waals surface area contributed by atoms with Gasteiger partial charge in [0.05, 0.1) is 0 Å². The normalized spacial score (nSPS) is 15.8. The number of aryl methyl sites for hydroxylation is 3. The summed E-state index contributed by atoms with van der Waals surface area (Å²) in [4.78, 5) is 24.9. The van der Waals surface area contributed by atoms with Gasteiger partial charge in [0, 0.05) is 25.9 Å². The molecule has 1 fully saturated rings. The number of hydrogen-bond acceptors (Lipinski definition) is 2. The van der Waals surface area contributed by atoms with Crippen LogP contribution < -0.4 is 0 Å². The van der Waals surface area contributed by atoms with Crippen LogP contribution in [0.5, 0.6) is 0 Å². The molecule has 120 valence electrons. The summed E-state index contributed by atoms with van der Waals surface area (Å²) in [6, 6.07) is 6.35. The first kappa shape index (κ1) is 16.5. The van der Waals surface area contributed by atoms with Crippen molar-refractivity contribution >= 4 is 11.9 Å². The Morgan fingerprint density at radius 2 is 1.91 bits per heavy atom. The summed E-state index contributed by atoms with van der Waals surface area (Å²) in [5.74, 6) is -0.325. The molecule has 0 saturated carbocycles. The van der Waals surface area contributed by atoms with Crippen LogP contribution in [-0.2, 0) is 16.0 Å². The molecule has 1 amide bonds. The molecule has 0 aromatic heterocycles. The number of carboxylic acid groups (broad SMARTS) is 1. The predicted octanol–water partition coefficient (Wildman–Crippen LogP) is 2.95. The minimum absolute atomic E-state index is 0.189. The van der Waals surface area contributed by atoms with Gasteiger partial charge in [0.25, 0.3) is 0 Å². The fourth-order valence-electron chi connectivity index (χ4n) is 3.16. The number of piperidine rings is 1.